The topological polar surface area (TPSA) is 26.7 Å². The van der Waals surface area contributed by atoms with Crippen LogP contribution in [0.3, 0.4) is 0 Å². The van der Waals surface area contributed by atoms with Crippen LogP contribution in [0.5, 0.6) is 0 Å². The minimum absolute atomic E-state index is 0.414. The lowest BCUT2D eigenvalue weighted by Crippen LogP contribution is -2.58. The Morgan fingerprint density at radius 3 is 2.81 bits per heavy atom. The SMILES string of the molecule is CC1CN2CCCCC2CN1c1ccc([C@H](C)O)cc1Br. The van der Waals surface area contributed by atoms with Crippen molar-refractivity contribution in [2.45, 2.75) is 51.3 Å². The van der Waals surface area contributed by atoms with Crippen LogP contribution in [-0.2, 0) is 0 Å². The molecule has 0 spiro atoms. The number of piperidine rings is 1. The van der Waals surface area contributed by atoms with Gasteiger partial charge in [0.05, 0.1) is 11.8 Å². The first-order valence-electron chi connectivity index (χ1n) is 8.04. The van der Waals surface area contributed by atoms with E-state index in [-0.39, 0.29) is 0 Å². The van der Waals surface area contributed by atoms with Gasteiger partial charge in [-0.25, -0.2) is 0 Å². The van der Waals surface area contributed by atoms with Gasteiger partial charge in [-0.3, -0.25) is 4.90 Å². The van der Waals surface area contributed by atoms with Gasteiger partial charge in [-0.1, -0.05) is 12.5 Å². The number of halogens is 1. The van der Waals surface area contributed by atoms with Crippen molar-refractivity contribution < 1.29 is 5.11 Å². The van der Waals surface area contributed by atoms with Crippen LogP contribution in [0.1, 0.15) is 44.8 Å². The van der Waals surface area contributed by atoms with E-state index in [9.17, 15) is 5.11 Å². The number of aliphatic hydroxyl groups is 1. The van der Waals surface area contributed by atoms with Gasteiger partial charge < -0.3 is 10.0 Å². The molecule has 2 saturated heterocycles. The Hall–Kier alpha value is -0.580. The summed E-state index contributed by atoms with van der Waals surface area (Å²) < 4.78 is 1.09. The Morgan fingerprint density at radius 2 is 2.10 bits per heavy atom. The van der Waals surface area contributed by atoms with Crippen molar-refractivity contribution in [1.29, 1.82) is 0 Å². The highest BCUT2D eigenvalue weighted by atomic mass is 79.9. The zero-order valence-corrected chi connectivity index (χ0v) is 14.5. The van der Waals surface area contributed by atoms with Crippen molar-refractivity contribution in [1.82, 2.24) is 4.90 Å². The predicted molar refractivity (Wildman–Crippen MR) is 90.8 cm³/mol. The van der Waals surface area contributed by atoms with Crippen LogP contribution in [0, 0.1) is 0 Å². The van der Waals surface area contributed by atoms with E-state index in [2.05, 4.69) is 44.8 Å². The second kappa shape index (κ2) is 6.27. The van der Waals surface area contributed by atoms with E-state index >= 15 is 0 Å². The van der Waals surface area contributed by atoms with Gasteiger partial charge >= 0.3 is 0 Å². The van der Waals surface area contributed by atoms with E-state index in [0.717, 1.165) is 23.1 Å². The van der Waals surface area contributed by atoms with Crippen LogP contribution >= 0.6 is 15.9 Å². The summed E-state index contributed by atoms with van der Waals surface area (Å²) in [6.45, 7) is 7.68. The lowest BCUT2D eigenvalue weighted by molar-refractivity contribution is 0.115. The molecule has 2 aliphatic rings. The summed E-state index contributed by atoms with van der Waals surface area (Å²) in [5.74, 6) is 0. The number of anilines is 1. The minimum Gasteiger partial charge on any atom is -0.389 e. The highest BCUT2D eigenvalue weighted by Gasteiger charge is 2.33. The van der Waals surface area contributed by atoms with E-state index in [1.807, 2.05) is 13.0 Å². The normalized spacial score (nSPS) is 28.3. The Labute approximate surface area is 136 Å². The van der Waals surface area contributed by atoms with Gasteiger partial charge in [0.2, 0.25) is 0 Å². The van der Waals surface area contributed by atoms with Crippen molar-refractivity contribution in [2.75, 3.05) is 24.5 Å². The zero-order valence-electron chi connectivity index (χ0n) is 12.9. The molecule has 2 unspecified atom stereocenters. The van der Waals surface area contributed by atoms with E-state index in [1.165, 1.54) is 31.5 Å². The van der Waals surface area contributed by atoms with Crippen molar-refractivity contribution in [2.24, 2.45) is 0 Å². The molecule has 1 N–H and O–H groups in total. The molecule has 0 aromatic heterocycles. The number of piperazine rings is 1. The molecule has 2 heterocycles. The number of benzene rings is 1. The van der Waals surface area contributed by atoms with Gasteiger partial charge in [0.15, 0.2) is 0 Å². The first-order valence-corrected chi connectivity index (χ1v) is 8.84. The number of hydrogen-bond acceptors (Lipinski definition) is 3. The molecule has 4 heteroatoms. The van der Waals surface area contributed by atoms with Gasteiger partial charge in [0, 0.05) is 29.6 Å². The van der Waals surface area contributed by atoms with Crippen molar-refractivity contribution >= 4 is 21.6 Å². The van der Waals surface area contributed by atoms with Crippen LogP contribution in [0.4, 0.5) is 5.69 Å². The smallest absolute Gasteiger partial charge is 0.0762 e. The molecule has 3 rings (SSSR count). The van der Waals surface area contributed by atoms with Gasteiger partial charge in [-0.05, 0) is 66.9 Å². The van der Waals surface area contributed by atoms with E-state index in [1.54, 1.807) is 0 Å². The minimum atomic E-state index is -0.414. The van der Waals surface area contributed by atoms with E-state index in [0.29, 0.717) is 12.1 Å². The maximum atomic E-state index is 9.71. The van der Waals surface area contributed by atoms with Crippen LogP contribution in [-0.4, -0.2) is 41.7 Å². The average molecular weight is 353 g/mol. The first-order chi connectivity index (χ1) is 10.1. The molecule has 0 saturated carbocycles. The summed E-state index contributed by atoms with van der Waals surface area (Å²) in [5, 5.41) is 9.71. The largest absolute Gasteiger partial charge is 0.389 e. The molecular weight excluding hydrogens is 328 g/mol. The number of rotatable bonds is 2. The fourth-order valence-electron chi connectivity index (χ4n) is 3.70. The fourth-order valence-corrected chi connectivity index (χ4v) is 4.33. The Kier molecular flexibility index (Phi) is 4.57. The third-order valence-corrected chi connectivity index (χ3v) is 5.59. The maximum absolute atomic E-state index is 9.71. The lowest BCUT2D eigenvalue weighted by atomic mass is 9.96. The number of hydrogen-bond donors (Lipinski definition) is 1. The summed E-state index contributed by atoms with van der Waals surface area (Å²) in [6.07, 6.45) is 3.64. The van der Waals surface area contributed by atoms with Crippen LogP contribution in [0.2, 0.25) is 0 Å². The molecule has 0 amide bonds. The lowest BCUT2D eigenvalue weighted by Gasteiger charge is -2.48. The molecule has 0 bridgehead atoms. The number of fused-ring (bicyclic) bond motifs is 1. The molecule has 116 valence electrons. The maximum Gasteiger partial charge on any atom is 0.0762 e. The highest BCUT2D eigenvalue weighted by molar-refractivity contribution is 9.10. The number of aliphatic hydroxyl groups excluding tert-OH is 1. The summed E-state index contributed by atoms with van der Waals surface area (Å²) in [4.78, 5) is 5.20. The predicted octanol–water partition coefficient (Wildman–Crippen LogP) is 3.57. The van der Waals surface area contributed by atoms with Crippen LogP contribution in [0.25, 0.3) is 0 Å². The Balaban J connectivity index is 1.82. The van der Waals surface area contributed by atoms with E-state index < -0.39 is 6.10 Å². The summed E-state index contributed by atoms with van der Waals surface area (Å²) >= 11 is 3.70. The highest BCUT2D eigenvalue weighted by Crippen LogP contribution is 2.34. The second-order valence-electron chi connectivity index (χ2n) is 6.53. The molecular formula is C17H25BrN2O. The molecule has 0 aliphatic carbocycles. The summed E-state index contributed by atoms with van der Waals surface area (Å²) in [5.41, 5.74) is 2.23. The van der Waals surface area contributed by atoms with Crippen molar-refractivity contribution in [3.63, 3.8) is 0 Å². The molecule has 2 fully saturated rings. The molecule has 1 aromatic rings. The standard InChI is InChI=1S/C17H25BrN2O/c1-12-10-19-8-4-3-5-15(19)11-20(12)17-7-6-14(13(2)21)9-16(17)18/h6-7,9,12-13,15,21H,3-5,8,10-11H2,1-2H3/t12?,13-,15?/m0/s1. The third kappa shape index (κ3) is 3.13. The third-order valence-electron chi connectivity index (χ3n) is 4.95. The van der Waals surface area contributed by atoms with Crippen LogP contribution in [0.15, 0.2) is 22.7 Å². The molecule has 3 nitrogen and oxygen atoms in total. The molecule has 1 aromatic carbocycles. The molecule has 0 radical (unpaired) electrons. The van der Waals surface area contributed by atoms with E-state index in [4.69, 9.17) is 0 Å². The summed E-state index contributed by atoms with van der Waals surface area (Å²) in [7, 11) is 0. The fraction of sp³-hybridized carbons (Fsp3) is 0.647. The second-order valence-corrected chi connectivity index (χ2v) is 7.39. The zero-order chi connectivity index (χ0) is 15.0. The van der Waals surface area contributed by atoms with Crippen molar-refractivity contribution in [3.05, 3.63) is 28.2 Å². The first kappa shape index (κ1) is 15.3. The molecule has 21 heavy (non-hydrogen) atoms. The Bertz CT molecular complexity index is 506. The quantitative estimate of drug-likeness (QED) is 0.881. The van der Waals surface area contributed by atoms with Gasteiger partial charge in [-0.15, -0.1) is 0 Å². The molecule has 2 aliphatic heterocycles. The average Bonchev–Trinajstić information content (AvgIpc) is 2.46. The van der Waals surface area contributed by atoms with Crippen LogP contribution < -0.4 is 4.90 Å². The van der Waals surface area contributed by atoms with Gasteiger partial charge in [0.25, 0.3) is 0 Å². The van der Waals surface area contributed by atoms with Gasteiger partial charge in [0.1, 0.15) is 0 Å². The molecule has 3 atom stereocenters. The van der Waals surface area contributed by atoms with Crippen molar-refractivity contribution in [3.8, 4) is 0 Å². The number of nitrogens with zero attached hydrogens (tertiary/aromatic N) is 2. The monoisotopic (exact) mass is 352 g/mol. The Morgan fingerprint density at radius 1 is 1.29 bits per heavy atom. The summed E-state index contributed by atoms with van der Waals surface area (Å²) in [6, 6.07) is 7.50. The van der Waals surface area contributed by atoms with Gasteiger partial charge in [-0.2, -0.15) is 0 Å².